The molecule has 0 N–H and O–H groups in total. The monoisotopic (exact) mass is 393 g/mol. The Bertz CT molecular complexity index is 985. The fourth-order valence-corrected chi connectivity index (χ4v) is 4.30. The smallest absolute Gasteiger partial charge is 0.244 e. The Morgan fingerprint density at radius 2 is 1.93 bits per heavy atom. The van der Waals surface area contributed by atoms with Crippen molar-refractivity contribution in [1.29, 1.82) is 0 Å². The summed E-state index contributed by atoms with van der Waals surface area (Å²) >= 11 is 0. The van der Waals surface area contributed by atoms with Gasteiger partial charge < -0.3 is 9.42 Å². The maximum Gasteiger partial charge on any atom is 0.244 e. The van der Waals surface area contributed by atoms with Crippen LogP contribution in [0.2, 0.25) is 0 Å². The van der Waals surface area contributed by atoms with Gasteiger partial charge in [-0.25, -0.2) is 9.37 Å². The van der Waals surface area contributed by atoms with Gasteiger partial charge in [0, 0.05) is 37.0 Å². The number of nitrogens with zero attached hydrogens (tertiary/aromatic N) is 5. The summed E-state index contributed by atoms with van der Waals surface area (Å²) < 4.78 is 19.7. The van der Waals surface area contributed by atoms with Crippen molar-refractivity contribution in [1.82, 2.24) is 20.0 Å². The van der Waals surface area contributed by atoms with Gasteiger partial charge in [0.15, 0.2) is 0 Å². The molecule has 0 unspecified atom stereocenters. The normalized spacial score (nSPS) is 19.9. The largest absolute Gasteiger partial charge is 0.357 e. The lowest BCUT2D eigenvalue weighted by atomic mass is 10.1. The first-order chi connectivity index (χ1) is 14.3. The van der Waals surface area contributed by atoms with Crippen molar-refractivity contribution < 1.29 is 8.91 Å². The molecular weight excluding hydrogens is 369 g/mol. The Kier molecular flexibility index (Phi) is 4.97. The van der Waals surface area contributed by atoms with E-state index in [0.717, 1.165) is 43.9 Å². The van der Waals surface area contributed by atoms with Crippen molar-refractivity contribution >= 4 is 5.82 Å². The van der Waals surface area contributed by atoms with Gasteiger partial charge in [-0.15, -0.1) is 0 Å². The van der Waals surface area contributed by atoms with E-state index in [1.165, 1.54) is 18.9 Å². The van der Waals surface area contributed by atoms with Crippen LogP contribution in [0.1, 0.15) is 43.2 Å². The molecule has 0 radical (unpaired) electrons. The van der Waals surface area contributed by atoms with E-state index in [2.05, 4.69) is 24.9 Å². The number of likely N-dealkylation sites (tertiary alicyclic amines) is 1. The predicted octanol–water partition coefficient (Wildman–Crippen LogP) is 4.21. The van der Waals surface area contributed by atoms with E-state index in [1.54, 1.807) is 12.3 Å². The van der Waals surface area contributed by atoms with Gasteiger partial charge in [0.2, 0.25) is 11.7 Å². The van der Waals surface area contributed by atoms with E-state index in [4.69, 9.17) is 4.52 Å². The van der Waals surface area contributed by atoms with Crippen LogP contribution in [-0.4, -0.2) is 39.7 Å². The van der Waals surface area contributed by atoms with Crippen LogP contribution >= 0.6 is 0 Å². The fourth-order valence-electron chi connectivity index (χ4n) is 4.30. The van der Waals surface area contributed by atoms with Crippen molar-refractivity contribution in [2.24, 2.45) is 0 Å². The SMILES string of the molecule is Fc1ccccc1CN1CCC[C@H]1c1nc(-c2ccnc(N3CCCC3)c2)no1. The predicted molar refractivity (Wildman–Crippen MR) is 108 cm³/mol. The number of aromatic nitrogens is 3. The van der Waals surface area contributed by atoms with Crippen LogP contribution < -0.4 is 4.90 Å². The standard InChI is InChI=1S/C22H24FN5O/c23-18-7-2-1-6-17(18)15-28-13-5-8-19(28)22-25-21(26-29-22)16-9-10-24-20(14-16)27-11-3-4-12-27/h1-2,6-7,9-10,14,19H,3-5,8,11-13,15H2/t19-/m0/s1. The molecule has 29 heavy (non-hydrogen) atoms. The second kappa shape index (κ2) is 7.91. The van der Waals surface area contributed by atoms with Crippen LogP contribution in [-0.2, 0) is 6.54 Å². The van der Waals surface area contributed by atoms with Crippen LogP contribution in [0.5, 0.6) is 0 Å². The lowest BCUT2D eigenvalue weighted by Crippen LogP contribution is -2.23. The van der Waals surface area contributed by atoms with Crippen LogP contribution in [0, 0.1) is 5.82 Å². The highest BCUT2D eigenvalue weighted by molar-refractivity contribution is 5.59. The average Bonchev–Trinajstić information content (AvgIpc) is 3.51. The first-order valence-electron chi connectivity index (χ1n) is 10.3. The average molecular weight is 393 g/mol. The maximum atomic E-state index is 14.1. The molecule has 0 aliphatic carbocycles. The summed E-state index contributed by atoms with van der Waals surface area (Å²) in [5.74, 6) is 1.98. The van der Waals surface area contributed by atoms with E-state index in [-0.39, 0.29) is 11.9 Å². The van der Waals surface area contributed by atoms with Crippen molar-refractivity contribution in [3.63, 3.8) is 0 Å². The maximum absolute atomic E-state index is 14.1. The molecule has 0 amide bonds. The zero-order valence-electron chi connectivity index (χ0n) is 16.3. The number of rotatable bonds is 5. The summed E-state index contributed by atoms with van der Waals surface area (Å²) in [6.45, 7) is 3.52. The Labute approximate surface area is 169 Å². The minimum atomic E-state index is -0.171. The molecule has 1 aromatic carbocycles. The molecule has 1 atom stereocenters. The molecule has 0 bridgehead atoms. The van der Waals surface area contributed by atoms with Crippen LogP contribution in [0.15, 0.2) is 47.1 Å². The Hall–Kier alpha value is -2.80. The Morgan fingerprint density at radius 1 is 1.07 bits per heavy atom. The molecule has 150 valence electrons. The van der Waals surface area contributed by atoms with Crippen LogP contribution in [0.4, 0.5) is 10.2 Å². The second-order valence-corrected chi connectivity index (χ2v) is 7.77. The van der Waals surface area contributed by atoms with Crippen molar-refractivity contribution in [2.45, 2.75) is 38.3 Å². The van der Waals surface area contributed by atoms with E-state index in [1.807, 2.05) is 24.3 Å². The number of hydrogen-bond acceptors (Lipinski definition) is 6. The van der Waals surface area contributed by atoms with Gasteiger partial charge in [-0.1, -0.05) is 23.4 Å². The number of halogens is 1. The molecule has 2 aromatic heterocycles. The zero-order valence-corrected chi connectivity index (χ0v) is 16.3. The van der Waals surface area contributed by atoms with Crippen molar-refractivity contribution in [2.75, 3.05) is 24.5 Å². The quantitative estimate of drug-likeness (QED) is 0.647. The molecule has 6 nitrogen and oxygen atoms in total. The molecule has 7 heteroatoms. The lowest BCUT2D eigenvalue weighted by Gasteiger charge is -2.21. The molecule has 0 saturated carbocycles. The highest BCUT2D eigenvalue weighted by Crippen LogP contribution is 2.34. The summed E-state index contributed by atoms with van der Waals surface area (Å²) in [6.07, 6.45) is 6.19. The van der Waals surface area contributed by atoms with Gasteiger partial charge in [0.25, 0.3) is 0 Å². The summed E-state index contributed by atoms with van der Waals surface area (Å²) in [5, 5.41) is 4.22. The van der Waals surface area contributed by atoms with Crippen LogP contribution in [0.3, 0.4) is 0 Å². The lowest BCUT2D eigenvalue weighted by molar-refractivity contribution is 0.199. The molecule has 2 aliphatic rings. The summed E-state index contributed by atoms with van der Waals surface area (Å²) in [5.41, 5.74) is 1.61. The van der Waals surface area contributed by atoms with Gasteiger partial charge in [-0.05, 0) is 50.4 Å². The summed E-state index contributed by atoms with van der Waals surface area (Å²) in [4.78, 5) is 13.7. The minimum Gasteiger partial charge on any atom is -0.357 e. The molecule has 2 saturated heterocycles. The third kappa shape index (κ3) is 3.74. The molecule has 2 aliphatic heterocycles. The Balaban J connectivity index is 1.35. The van der Waals surface area contributed by atoms with Crippen LogP contribution in [0.25, 0.3) is 11.4 Å². The highest BCUT2D eigenvalue weighted by Gasteiger charge is 2.31. The number of anilines is 1. The third-order valence-electron chi connectivity index (χ3n) is 5.86. The number of hydrogen-bond donors (Lipinski definition) is 0. The molecule has 5 rings (SSSR count). The highest BCUT2D eigenvalue weighted by atomic mass is 19.1. The zero-order chi connectivity index (χ0) is 19.6. The molecular formula is C22H24FN5O. The van der Waals surface area contributed by atoms with Gasteiger partial charge in [0.05, 0.1) is 6.04 Å². The molecule has 2 fully saturated rings. The van der Waals surface area contributed by atoms with Gasteiger partial charge in [-0.2, -0.15) is 4.98 Å². The van der Waals surface area contributed by atoms with E-state index in [9.17, 15) is 4.39 Å². The van der Waals surface area contributed by atoms with E-state index in [0.29, 0.717) is 23.8 Å². The van der Waals surface area contributed by atoms with Crippen molar-refractivity contribution in [3.8, 4) is 11.4 Å². The van der Waals surface area contributed by atoms with E-state index < -0.39 is 0 Å². The number of pyridine rings is 1. The topological polar surface area (TPSA) is 58.3 Å². The van der Waals surface area contributed by atoms with Gasteiger partial charge in [-0.3, -0.25) is 4.90 Å². The van der Waals surface area contributed by atoms with Crippen molar-refractivity contribution in [3.05, 3.63) is 59.9 Å². The first kappa shape index (κ1) is 18.2. The number of benzene rings is 1. The molecule has 3 aromatic rings. The summed E-state index contributed by atoms with van der Waals surface area (Å²) in [6, 6.07) is 10.9. The Morgan fingerprint density at radius 3 is 2.79 bits per heavy atom. The first-order valence-corrected chi connectivity index (χ1v) is 10.3. The summed E-state index contributed by atoms with van der Waals surface area (Å²) in [7, 11) is 0. The third-order valence-corrected chi connectivity index (χ3v) is 5.86. The van der Waals surface area contributed by atoms with E-state index >= 15 is 0 Å². The molecule has 0 spiro atoms. The fraction of sp³-hybridized carbons (Fsp3) is 0.409. The second-order valence-electron chi connectivity index (χ2n) is 7.77. The minimum absolute atomic E-state index is 0.0238. The molecule has 4 heterocycles. The van der Waals surface area contributed by atoms with Gasteiger partial charge >= 0.3 is 0 Å². The van der Waals surface area contributed by atoms with Gasteiger partial charge in [0.1, 0.15) is 11.6 Å².